The molecule has 1 heterocycles. The number of hydrogen-bond acceptors (Lipinski definition) is 4. The Kier molecular flexibility index (Phi) is 8.42. The van der Waals surface area contributed by atoms with Gasteiger partial charge in [-0.25, -0.2) is 0 Å². The molecular weight excluding hydrogens is 318 g/mol. The maximum atomic E-state index is 6.29. The number of rotatable bonds is 10. The Balaban J connectivity index is 1.88. The Labute approximate surface area is 148 Å². The van der Waals surface area contributed by atoms with Crippen molar-refractivity contribution < 1.29 is 13.3 Å². The zero-order valence-corrected chi connectivity index (χ0v) is 16.5. The van der Waals surface area contributed by atoms with E-state index in [1.54, 1.807) is 14.2 Å². The lowest BCUT2D eigenvalue weighted by Gasteiger charge is -2.35. The van der Waals surface area contributed by atoms with E-state index in [9.17, 15) is 0 Å². The van der Waals surface area contributed by atoms with Crippen molar-refractivity contribution in [2.24, 2.45) is 5.92 Å². The van der Waals surface area contributed by atoms with Gasteiger partial charge >= 0.3 is 8.80 Å². The van der Waals surface area contributed by atoms with Gasteiger partial charge in [-0.15, -0.1) is 0 Å². The highest BCUT2D eigenvalue weighted by atomic mass is 28.4. The predicted molar refractivity (Wildman–Crippen MR) is 99.9 cm³/mol. The minimum absolute atomic E-state index is 0.587. The quantitative estimate of drug-likeness (QED) is 0.604. The summed E-state index contributed by atoms with van der Waals surface area (Å²) in [6, 6.07) is 11.1. The molecule has 0 bridgehead atoms. The van der Waals surface area contributed by atoms with E-state index < -0.39 is 8.80 Å². The summed E-state index contributed by atoms with van der Waals surface area (Å²) in [6.45, 7) is 6.59. The van der Waals surface area contributed by atoms with Gasteiger partial charge in [-0.1, -0.05) is 43.7 Å². The first kappa shape index (κ1) is 19.6. The van der Waals surface area contributed by atoms with Gasteiger partial charge in [0, 0.05) is 33.4 Å². The molecule has 2 rings (SSSR count). The van der Waals surface area contributed by atoms with E-state index in [-0.39, 0.29) is 0 Å². The molecule has 1 unspecified atom stereocenters. The van der Waals surface area contributed by atoms with Crippen molar-refractivity contribution in [3.8, 4) is 0 Å². The summed E-state index contributed by atoms with van der Waals surface area (Å²) in [6.07, 6.45) is 5.06. The summed E-state index contributed by atoms with van der Waals surface area (Å²) < 4.78 is 17.8. The Hall–Kier alpha value is -0.723. The van der Waals surface area contributed by atoms with Gasteiger partial charge in [-0.05, 0) is 43.8 Å². The highest BCUT2D eigenvalue weighted by molar-refractivity contribution is 6.60. The molecule has 5 heteroatoms. The van der Waals surface area contributed by atoms with Crippen molar-refractivity contribution in [1.82, 2.24) is 4.90 Å². The van der Waals surface area contributed by atoms with Crippen LogP contribution in [-0.2, 0) is 19.3 Å². The topological polar surface area (TPSA) is 30.9 Å². The van der Waals surface area contributed by atoms with Crippen molar-refractivity contribution in [2.45, 2.75) is 38.7 Å². The normalized spacial score (nSPS) is 19.5. The fraction of sp³-hybridized carbons (Fsp3) is 0.684. The maximum Gasteiger partial charge on any atom is 0.505 e. The molecule has 1 aromatic rings. The number of nitrogens with zero attached hydrogens (tertiary/aromatic N) is 1. The third kappa shape index (κ3) is 5.97. The number of likely N-dealkylation sites (tertiary alicyclic amines) is 1. The molecular formula is C19H33NO3Si. The van der Waals surface area contributed by atoms with Gasteiger partial charge in [-0.3, -0.25) is 0 Å². The molecule has 1 saturated heterocycles. The molecule has 1 fully saturated rings. The third-order valence-corrected chi connectivity index (χ3v) is 7.55. The van der Waals surface area contributed by atoms with Crippen molar-refractivity contribution >= 4 is 8.80 Å². The molecule has 0 N–H and O–H groups in total. The van der Waals surface area contributed by atoms with Gasteiger partial charge in [0.05, 0.1) is 0 Å². The van der Waals surface area contributed by atoms with Crippen LogP contribution in [0, 0.1) is 5.92 Å². The highest BCUT2D eigenvalue weighted by Crippen LogP contribution is 2.21. The molecule has 1 aliphatic heterocycles. The van der Waals surface area contributed by atoms with Gasteiger partial charge in [-0.2, -0.15) is 0 Å². The third-order valence-electron chi connectivity index (χ3n) is 4.86. The van der Waals surface area contributed by atoms with Crippen LogP contribution in [0.25, 0.3) is 0 Å². The minimum Gasteiger partial charge on any atom is -0.377 e. The highest BCUT2D eigenvalue weighted by Gasteiger charge is 2.40. The van der Waals surface area contributed by atoms with Gasteiger partial charge in [0.15, 0.2) is 0 Å². The smallest absolute Gasteiger partial charge is 0.377 e. The SMILES string of the molecule is CCCCN1CCCC(CO[Si](Cc2ccccc2)(OC)OC)C1. The fourth-order valence-electron chi connectivity index (χ4n) is 3.36. The molecule has 0 aromatic heterocycles. The van der Waals surface area contributed by atoms with Gasteiger partial charge in [0.1, 0.15) is 0 Å². The molecule has 0 aliphatic carbocycles. The molecule has 0 spiro atoms. The second-order valence-corrected chi connectivity index (χ2v) is 9.55. The van der Waals surface area contributed by atoms with Crippen molar-refractivity contribution in [3.05, 3.63) is 35.9 Å². The number of benzene rings is 1. The van der Waals surface area contributed by atoms with Crippen LogP contribution >= 0.6 is 0 Å². The van der Waals surface area contributed by atoms with Crippen LogP contribution in [0.15, 0.2) is 30.3 Å². The van der Waals surface area contributed by atoms with Crippen molar-refractivity contribution in [3.63, 3.8) is 0 Å². The number of unbranched alkanes of at least 4 members (excludes halogenated alkanes) is 1. The van der Waals surface area contributed by atoms with Gasteiger partial charge in [0.2, 0.25) is 0 Å². The van der Waals surface area contributed by atoms with Crippen LogP contribution in [0.3, 0.4) is 0 Å². The first-order chi connectivity index (χ1) is 11.7. The first-order valence-corrected chi connectivity index (χ1v) is 11.1. The molecule has 0 amide bonds. The summed E-state index contributed by atoms with van der Waals surface area (Å²) in [4.78, 5) is 2.58. The van der Waals surface area contributed by atoms with Crippen LogP contribution < -0.4 is 0 Å². The minimum atomic E-state index is -2.63. The van der Waals surface area contributed by atoms with E-state index in [0.29, 0.717) is 5.92 Å². The molecule has 1 aromatic carbocycles. The Morgan fingerprint density at radius 3 is 2.58 bits per heavy atom. The standard InChI is InChI=1S/C19H33NO3Si/c1-4-5-13-20-14-9-12-19(15-20)16-23-24(21-2,22-3)17-18-10-7-6-8-11-18/h6-8,10-11,19H,4-5,9,12-17H2,1-3H3. The Morgan fingerprint density at radius 2 is 1.92 bits per heavy atom. The van der Waals surface area contributed by atoms with Crippen LogP contribution in [0.5, 0.6) is 0 Å². The van der Waals surface area contributed by atoms with Gasteiger partial charge in [0.25, 0.3) is 0 Å². The number of hydrogen-bond donors (Lipinski definition) is 0. The molecule has 0 radical (unpaired) electrons. The van der Waals surface area contributed by atoms with E-state index in [1.165, 1.54) is 44.3 Å². The van der Waals surface area contributed by atoms with Crippen molar-refractivity contribution in [2.75, 3.05) is 40.5 Å². The summed E-state index contributed by atoms with van der Waals surface area (Å²) >= 11 is 0. The summed E-state index contributed by atoms with van der Waals surface area (Å²) in [5.41, 5.74) is 1.21. The van der Waals surface area contributed by atoms with Crippen LogP contribution in [-0.4, -0.2) is 54.2 Å². The van der Waals surface area contributed by atoms with E-state index >= 15 is 0 Å². The Morgan fingerprint density at radius 1 is 1.17 bits per heavy atom. The maximum absolute atomic E-state index is 6.29. The summed E-state index contributed by atoms with van der Waals surface area (Å²) in [7, 11) is 0.797. The zero-order chi connectivity index (χ0) is 17.3. The molecule has 4 nitrogen and oxygen atoms in total. The predicted octanol–water partition coefficient (Wildman–Crippen LogP) is 3.53. The first-order valence-electron chi connectivity index (χ1n) is 9.22. The second kappa shape index (κ2) is 10.3. The molecule has 24 heavy (non-hydrogen) atoms. The van der Waals surface area contributed by atoms with Crippen molar-refractivity contribution in [1.29, 1.82) is 0 Å². The molecule has 1 atom stereocenters. The molecule has 136 valence electrons. The second-order valence-electron chi connectivity index (χ2n) is 6.73. The number of piperidine rings is 1. The Bertz CT molecular complexity index is 453. The average Bonchev–Trinajstić information content (AvgIpc) is 2.65. The lowest BCUT2D eigenvalue weighted by molar-refractivity contribution is 0.0584. The van der Waals surface area contributed by atoms with E-state index in [0.717, 1.165) is 19.2 Å². The van der Waals surface area contributed by atoms with Crippen LogP contribution in [0.1, 0.15) is 38.2 Å². The zero-order valence-electron chi connectivity index (χ0n) is 15.5. The van der Waals surface area contributed by atoms with Gasteiger partial charge < -0.3 is 18.2 Å². The summed E-state index contributed by atoms with van der Waals surface area (Å²) in [5, 5.41) is 0. The van der Waals surface area contributed by atoms with Crippen LogP contribution in [0.4, 0.5) is 0 Å². The largest absolute Gasteiger partial charge is 0.505 e. The van der Waals surface area contributed by atoms with Crippen LogP contribution in [0.2, 0.25) is 0 Å². The fourth-order valence-corrected chi connectivity index (χ4v) is 5.38. The lowest BCUT2D eigenvalue weighted by Crippen LogP contribution is -2.49. The van der Waals surface area contributed by atoms with E-state index in [2.05, 4.69) is 24.0 Å². The summed E-state index contributed by atoms with van der Waals surface area (Å²) in [5.74, 6) is 0.587. The lowest BCUT2D eigenvalue weighted by atomic mass is 9.99. The average molecular weight is 352 g/mol. The molecule has 0 saturated carbocycles. The monoisotopic (exact) mass is 351 g/mol. The molecule has 1 aliphatic rings. The van der Waals surface area contributed by atoms with E-state index in [1.807, 2.05) is 18.2 Å². The van der Waals surface area contributed by atoms with E-state index in [4.69, 9.17) is 13.3 Å².